The van der Waals surface area contributed by atoms with Crippen LogP contribution in [0.5, 0.6) is 5.75 Å². The van der Waals surface area contributed by atoms with Crippen LogP contribution in [0.1, 0.15) is 0 Å². The molecule has 0 aliphatic heterocycles. The largest absolute Gasteiger partial charge is 0.497 e. The average Bonchev–Trinajstić information content (AvgIpc) is 2.45. The molecule has 0 radical (unpaired) electrons. The maximum Gasteiger partial charge on any atom is 0.169 e. The first-order chi connectivity index (χ1) is 9.45. The first-order valence-corrected chi connectivity index (χ1v) is 6.24. The van der Waals surface area contributed by atoms with Gasteiger partial charge in [0.15, 0.2) is 5.82 Å². The van der Waals surface area contributed by atoms with Crippen molar-refractivity contribution < 1.29 is 9.13 Å². The Bertz CT molecular complexity index is 649. The highest BCUT2D eigenvalue weighted by molar-refractivity contribution is 6.33. The minimum absolute atomic E-state index is 0.115. The van der Waals surface area contributed by atoms with E-state index in [-0.39, 0.29) is 22.1 Å². The molecule has 2 aromatic rings. The molecule has 2 rings (SSSR count). The molecule has 106 valence electrons. The minimum Gasteiger partial charge on any atom is -0.497 e. The molecule has 0 heterocycles. The maximum atomic E-state index is 14.3. The fraction of sp³-hybridized carbons (Fsp3) is 0.143. The fourth-order valence-electron chi connectivity index (χ4n) is 1.95. The summed E-state index contributed by atoms with van der Waals surface area (Å²) in [5, 5.41) is -0.135. The maximum absolute atomic E-state index is 14.3. The third kappa shape index (κ3) is 2.44. The summed E-state index contributed by atoms with van der Waals surface area (Å²) in [4.78, 5) is 1.60. The lowest BCUT2D eigenvalue weighted by atomic mass is 10.2. The molecule has 0 aromatic heterocycles. The number of hydrogen-bond acceptors (Lipinski definition) is 4. The van der Waals surface area contributed by atoms with E-state index < -0.39 is 5.82 Å². The molecule has 0 spiro atoms. The Morgan fingerprint density at radius 2 is 1.90 bits per heavy atom. The van der Waals surface area contributed by atoms with Crippen LogP contribution < -0.4 is 21.1 Å². The molecule has 0 unspecified atom stereocenters. The molecular weight excluding hydrogens is 281 g/mol. The molecule has 0 fully saturated rings. The smallest absolute Gasteiger partial charge is 0.169 e. The topological polar surface area (TPSA) is 64.5 Å². The monoisotopic (exact) mass is 295 g/mol. The Kier molecular flexibility index (Phi) is 3.90. The number of anilines is 4. The van der Waals surface area contributed by atoms with Crippen LogP contribution in [0.15, 0.2) is 30.3 Å². The standard InChI is InChI=1S/C14H15ClFN3O/c1-19(8-4-3-5-9(6-8)20-2)14-11(18)7-10(17)12(15)13(14)16/h3-7H,17-18H2,1-2H3. The number of nitrogens with zero attached hydrogens (tertiary/aromatic N) is 1. The molecule has 6 heteroatoms. The van der Waals surface area contributed by atoms with Gasteiger partial charge in [0, 0.05) is 18.8 Å². The molecule has 2 aromatic carbocycles. The van der Waals surface area contributed by atoms with Gasteiger partial charge in [-0.15, -0.1) is 0 Å². The molecular formula is C14H15ClFN3O. The van der Waals surface area contributed by atoms with Gasteiger partial charge in [-0.3, -0.25) is 0 Å². The van der Waals surface area contributed by atoms with Crippen LogP contribution in [0.25, 0.3) is 0 Å². The summed E-state index contributed by atoms with van der Waals surface area (Å²) in [7, 11) is 3.25. The van der Waals surface area contributed by atoms with E-state index in [0.717, 1.165) is 5.69 Å². The number of methoxy groups -OCH3 is 1. The van der Waals surface area contributed by atoms with E-state index in [0.29, 0.717) is 5.75 Å². The molecule has 0 aliphatic carbocycles. The first kappa shape index (κ1) is 14.3. The zero-order valence-electron chi connectivity index (χ0n) is 11.2. The van der Waals surface area contributed by atoms with Gasteiger partial charge in [-0.2, -0.15) is 0 Å². The summed E-state index contributed by atoms with van der Waals surface area (Å²) in [5.74, 6) is 0.0179. The SMILES string of the molecule is COc1cccc(N(C)c2c(N)cc(N)c(Cl)c2F)c1. The van der Waals surface area contributed by atoms with E-state index in [1.165, 1.54) is 6.07 Å². The Morgan fingerprint density at radius 3 is 2.55 bits per heavy atom. The summed E-state index contributed by atoms with van der Waals surface area (Å²) in [6, 6.07) is 8.62. The normalized spacial score (nSPS) is 10.4. The predicted octanol–water partition coefficient (Wildman–Crippen LogP) is 3.42. The van der Waals surface area contributed by atoms with Crippen LogP contribution in [-0.2, 0) is 0 Å². The highest BCUT2D eigenvalue weighted by Crippen LogP contribution is 2.39. The van der Waals surface area contributed by atoms with Gasteiger partial charge in [0.05, 0.1) is 18.5 Å². The quantitative estimate of drug-likeness (QED) is 0.852. The second-order valence-corrected chi connectivity index (χ2v) is 4.67. The van der Waals surface area contributed by atoms with E-state index in [9.17, 15) is 4.39 Å². The Labute approximate surface area is 121 Å². The summed E-state index contributed by atoms with van der Waals surface area (Å²) < 4.78 is 19.4. The number of rotatable bonds is 3. The van der Waals surface area contributed by atoms with E-state index in [2.05, 4.69) is 0 Å². The molecule has 0 saturated heterocycles. The first-order valence-electron chi connectivity index (χ1n) is 5.86. The van der Waals surface area contributed by atoms with Gasteiger partial charge < -0.3 is 21.1 Å². The van der Waals surface area contributed by atoms with E-state index in [4.69, 9.17) is 27.8 Å². The summed E-state index contributed by atoms with van der Waals surface area (Å²) in [6.07, 6.45) is 0. The molecule has 0 atom stereocenters. The molecule has 0 aliphatic rings. The highest BCUT2D eigenvalue weighted by atomic mass is 35.5. The molecule has 4 nitrogen and oxygen atoms in total. The van der Waals surface area contributed by atoms with Gasteiger partial charge in [-0.05, 0) is 18.2 Å². The molecule has 20 heavy (non-hydrogen) atoms. The third-order valence-electron chi connectivity index (χ3n) is 3.01. The molecule has 4 N–H and O–H groups in total. The molecule has 0 amide bonds. The summed E-state index contributed by atoms with van der Waals surface area (Å²) in [5.41, 5.74) is 12.7. The van der Waals surface area contributed by atoms with Crippen molar-refractivity contribution in [3.8, 4) is 5.75 Å². The van der Waals surface area contributed by atoms with Crippen molar-refractivity contribution in [3.05, 3.63) is 41.2 Å². The lowest BCUT2D eigenvalue weighted by molar-refractivity contribution is 0.415. The summed E-state index contributed by atoms with van der Waals surface area (Å²) >= 11 is 5.84. The van der Waals surface area contributed by atoms with Crippen molar-refractivity contribution in [2.45, 2.75) is 0 Å². The third-order valence-corrected chi connectivity index (χ3v) is 3.40. The van der Waals surface area contributed by atoms with E-state index in [1.54, 1.807) is 37.3 Å². The van der Waals surface area contributed by atoms with Crippen molar-refractivity contribution in [2.75, 3.05) is 30.5 Å². The lowest BCUT2D eigenvalue weighted by Gasteiger charge is -2.23. The van der Waals surface area contributed by atoms with Gasteiger partial charge in [0.1, 0.15) is 16.5 Å². The van der Waals surface area contributed by atoms with Crippen LogP contribution in [0.3, 0.4) is 0 Å². The number of halogens is 2. The Balaban J connectivity index is 2.53. The zero-order valence-corrected chi connectivity index (χ0v) is 11.9. The number of hydrogen-bond donors (Lipinski definition) is 2. The lowest BCUT2D eigenvalue weighted by Crippen LogP contribution is -2.14. The van der Waals surface area contributed by atoms with Crippen molar-refractivity contribution >= 4 is 34.4 Å². The van der Waals surface area contributed by atoms with Crippen LogP contribution in [-0.4, -0.2) is 14.2 Å². The molecule has 0 bridgehead atoms. The van der Waals surface area contributed by atoms with Crippen molar-refractivity contribution in [1.29, 1.82) is 0 Å². The van der Waals surface area contributed by atoms with Gasteiger partial charge in [-0.1, -0.05) is 17.7 Å². The van der Waals surface area contributed by atoms with Crippen LogP contribution >= 0.6 is 11.6 Å². The fourth-order valence-corrected chi connectivity index (χ4v) is 2.09. The second kappa shape index (κ2) is 5.46. The van der Waals surface area contributed by atoms with E-state index >= 15 is 0 Å². The average molecular weight is 296 g/mol. The van der Waals surface area contributed by atoms with Crippen LogP contribution in [0.4, 0.5) is 27.1 Å². The number of ether oxygens (including phenoxy) is 1. The number of benzene rings is 2. The molecule has 0 saturated carbocycles. The van der Waals surface area contributed by atoms with Crippen molar-refractivity contribution in [2.24, 2.45) is 0 Å². The second-order valence-electron chi connectivity index (χ2n) is 4.29. The van der Waals surface area contributed by atoms with Gasteiger partial charge in [0.25, 0.3) is 0 Å². The van der Waals surface area contributed by atoms with Crippen LogP contribution in [0, 0.1) is 5.82 Å². The summed E-state index contributed by atoms with van der Waals surface area (Å²) in [6.45, 7) is 0. The van der Waals surface area contributed by atoms with Gasteiger partial charge in [0.2, 0.25) is 0 Å². The minimum atomic E-state index is -0.644. The van der Waals surface area contributed by atoms with Crippen LogP contribution in [0.2, 0.25) is 5.02 Å². The number of nitrogen functional groups attached to an aromatic ring is 2. The highest BCUT2D eigenvalue weighted by Gasteiger charge is 2.18. The van der Waals surface area contributed by atoms with Gasteiger partial charge >= 0.3 is 0 Å². The van der Waals surface area contributed by atoms with Crippen molar-refractivity contribution in [3.63, 3.8) is 0 Å². The Morgan fingerprint density at radius 1 is 1.20 bits per heavy atom. The Hall–Kier alpha value is -2.14. The predicted molar refractivity (Wildman–Crippen MR) is 81.3 cm³/mol. The van der Waals surface area contributed by atoms with Gasteiger partial charge in [-0.25, -0.2) is 4.39 Å². The zero-order chi connectivity index (χ0) is 14.9. The van der Waals surface area contributed by atoms with E-state index in [1.807, 2.05) is 6.07 Å². The van der Waals surface area contributed by atoms with Crippen molar-refractivity contribution in [1.82, 2.24) is 0 Å². The number of nitrogens with two attached hydrogens (primary N) is 2.